The third-order valence-electron chi connectivity index (χ3n) is 3.48. The van der Waals surface area contributed by atoms with Crippen LogP contribution in [-0.4, -0.2) is 28.1 Å². The summed E-state index contributed by atoms with van der Waals surface area (Å²) in [6.45, 7) is 0.942. The highest BCUT2D eigenvalue weighted by Crippen LogP contribution is 2.20. The van der Waals surface area contributed by atoms with Crippen molar-refractivity contribution in [3.63, 3.8) is 0 Å². The van der Waals surface area contributed by atoms with E-state index >= 15 is 0 Å². The van der Waals surface area contributed by atoms with Gasteiger partial charge in [0.25, 0.3) is 0 Å². The van der Waals surface area contributed by atoms with Crippen LogP contribution in [0.15, 0.2) is 42.6 Å². The molecule has 0 atom stereocenters. The smallest absolute Gasteiger partial charge is 0.206 e. The first-order valence-electron chi connectivity index (χ1n) is 6.50. The van der Waals surface area contributed by atoms with Gasteiger partial charge in [-0.15, -0.1) is 0 Å². The van der Waals surface area contributed by atoms with Crippen molar-refractivity contribution in [3.05, 3.63) is 48.3 Å². The SMILES string of the molecule is CN(CCc1ccc[nH]1)c1nc2ccccc2n1C. The number of fused-ring (bicyclic) bond motifs is 1. The molecule has 0 amide bonds. The zero-order valence-corrected chi connectivity index (χ0v) is 11.3. The first-order valence-corrected chi connectivity index (χ1v) is 6.50. The van der Waals surface area contributed by atoms with Crippen LogP contribution in [0.3, 0.4) is 0 Å². The van der Waals surface area contributed by atoms with Crippen molar-refractivity contribution in [2.45, 2.75) is 6.42 Å². The third-order valence-corrected chi connectivity index (χ3v) is 3.48. The Morgan fingerprint density at radius 2 is 2.05 bits per heavy atom. The van der Waals surface area contributed by atoms with E-state index < -0.39 is 0 Å². The number of anilines is 1. The predicted octanol–water partition coefficient (Wildman–Crippen LogP) is 2.58. The molecule has 3 rings (SSSR count). The predicted molar refractivity (Wildman–Crippen MR) is 78.5 cm³/mol. The lowest BCUT2D eigenvalue weighted by atomic mass is 10.3. The number of rotatable bonds is 4. The van der Waals surface area contributed by atoms with Gasteiger partial charge in [0.1, 0.15) is 0 Å². The number of H-pyrrole nitrogens is 1. The topological polar surface area (TPSA) is 36.9 Å². The van der Waals surface area contributed by atoms with Crippen molar-refractivity contribution < 1.29 is 0 Å². The molecular weight excluding hydrogens is 236 g/mol. The molecule has 0 aliphatic rings. The molecule has 0 aliphatic carbocycles. The summed E-state index contributed by atoms with van der Waals surface area (Å²) in [5.74, 6) is 1.01. The molecule has 0 bridgehead atoms. The van der Waals surface area contributed by atoms with Gasteiger partial charge >= 0.3 is 0 Å². The maximum Gasteiger partial charge on any atom is 0.206 e. The minimum absolute atomic E-state index is 0.942. The number of aromatic nitrogens is 3. The number of hydrogen-bond acceptors (Lipinski definition) is 2. The van der Waals surface area contributed by atoms with Gasteiger partial charge in [-0.3, -0.25) is 0 Å². The molecule has 0 saturated heterocycles. The molecule has 1 N–H and O–H groups in total. The molecule has 98 valence electrons. The van der Waals surface area contributed by atoms with Gasteiger partial charge in [0.2, 0.25) is 5.95 Å². The third kappa shape index (κ3) is 2.21. The number of aromatic amines is 1. The Kier molecular flexibility index (Phi) is 2.99. The molecule has 0 radical (unpaired) electrons. The number of benzene rings is 1. The molecule has 2 aromatic heterocycles. The van der Waals surface area contributed by atoms with E-state index in [1.165, 1.54) is 11.2 Å². The normalized spacial score (nSPS) is 11.1. The van der Waals surface area contributed by atoms with Gasteiger partial charge in [0.15, 0.2) is 0 Å². The highest BCUT2D eigenvalue weighted by Gasteiger charge is 2.11. The second-order valence-electron chi connectivity index (χ2n) is 4.83. The summed E-state index contributed by atoms with van der Waals surface area (Å²) in [5, 5.41) is 0. The fraction of sp³-hybridized carbons (Fsp3) is 0.267. The lowest BCUT2D eigenvalue weighted by Crippen LogP contribution is -2.23. The summed E-state index contributed by atoms with van der Waals surface area (Å²) >= 11 is 0. The van der Waals surface area contributed by atoms with Gasteiger partial charge in [0.05, 0.1) is 11.0 Å². The number of likely N-dealkylation sites (N-methyl/N-ethyl adjacent to an activating group) is 1. The van der Waals surface area contributed by atoms with Crippen LogP contribution in [0.4, 0.5) is 5.95 Å². The van der Waals surface area contributed by atoms with E-state index in [0.29, 0.717) is 0 Å². The van der Waals surface area contributed by atoms with Crippen LogP contribution in [0, 0.1) is 0 Å². The standard InChI is InChI=1S/C15H18N4/c1-18(11-9-12-6-5-10-16-12)15-17-13-7-3-4-8-14(13)19(15)2/h3-8,10,16H,9,11H2,1-2H3. The lowest BCUT2D eigenvalue weighted by molar-refractivity contribution is 0.794. The highest BCUT2D eigenvalue weighted by molar-refractivity contribution is 5.78. The van der Waals surface area contributed by atoms with E-state index in [2.05, 4.69) is 46.7 Å². The molecule has 1 aromatic carbocycles. The summed E-state index contributed by atoms with van der Waals surface area (Å²) in [4.78, 5) is 10.1. The van der Waals surface area contributed by atoms with Gasteiger partial charge in [0, 0.05) is 39.0 Å². The van der Waals surface area contributed by atoms with Crippen molar-refractivity contribution in [1.29, 1.82) is 0 Å². The minimum Gasteiger partial charge on any atom is -0.365 e. The summed E-state index contributed by atoms with van der Waals surface area (Å²) in [7, 11) is 4.15. The van der Waals surface area contributed by atoms with Crippen molar-refractivity contribution in [1.82, 2.24) is 14.5 Å². The zero-order chi connectivity index (χ0) is 13.2. The average Bonchev–Trinajstić information content (AvgIpc) is 3.05. The molecule has 2 heterocycles. The number of nitrogens with one attached hydrogen (secondary N) is 1. The van der Waals surface area contributed by atoms with E-state index in [4.69, 9.17) is 4.98 Å². The quantitative estimate of drug-likeness (QED) is 0.777. The van der Waals surface area contributed by atoms with Crippen LogP contribution in [0.5, 0.6) is 0 Å². The molecule has 0 saturated carbocycles. The van der Waals surface area contributed by atoms with Gasteiger partial charge in [-0.25, -0.2) is 4.98 Å². The van der Waals surface area contributed by atoms with Gasteiger partial charge in [-0.05, 0) is 24.3 Å². The van der Waals surface area contributed by atoms with Crippen LogP contribution >= 0.6 is 0 Å². The van der Waals surface area contributed by atoms with E-state index in [0.717, 1.165) is 24.4 Å². The maximum absolute atomic E-state index is 4.69. The number of aryl methyl sites for hydroxylation is 1. The monoisotopic (exact) mass is 254 g/mol. The number of hydrogen-bond donors (Lipinski definition) is 1. The molecule has 0 spiro atoms. The van der Waals surface area contributed by atoms with Gasteiger partial charge < -0.3 is 14.5 Å². The molecule has 0 unspecified atom stereocenters. The Balaban J connectivity index is 1.81. The molecule has 19 heavy (non-hydrogen) atoms. The fourth-order valence-electron chi connectivity index (χ4n) is 2.39. The first kappa shape index (κ1) is 11.8. The van der Waals surface area contributed by atoms with Crippen molar-refractivity contribution in [2.75, 3.05) is 18.5 Å². The van der Waals surface area contributed by atoms with E-state index in [-0.39, 0.29) is 0 Å². The number of para-hydroxylation sites is 2. The summed E-state index contributed by atoms with van der Waals surface area (Å²) in [6, 6.07) is 12.4. The molecule has 0 fully saturated rings. The van der Waals surface area contributed by atoms with Crippen molar-refractivity contribution in [2.24, 2.45) is 7.05 Å². The van der Waals surface area contributed by atoms with Gasteiger partial charge in [-0.1, -0.05) is 12.1 Å². The van der Waals surface area contributed by atoms with E-state index in [1.54, 1.807) is 0 Å². The Morgan fingerprint density at radius 3 is 2.79 bits per heavy atom. The summed E-state index contributed by atoms with van der Waals surface area (Å²) in [6.07, 6.45) is 2.96. The van der Waals surface area contributed by atoms with Crippen molar-refractivity contribution >= 4 is 17.0 Å². The largest absolute Gasteiger partial charge is 0.365 e. The number of nitrogens with zero attached hydrogens (tertiary/aromatic N) is 3. The Morgan fingerprint density at radius 1 is 1.21 bits per heavy atom. The zero-order valence-electron chi connectivity index (χ0n) is 11.3. The second kappa shape index (κ2) is 4.80. The fourth-order valence-corrected chi connectivity index (χ4v) is 2.39. The maximum atomic E-state index is 4.69. The number of imidazole rings is 1. The molecule has 3 aromatic rings. The Hall–Kier alpha value is -2.23. The van der Waals surface area contributed by atoms with Gasteiger partial charge in [-0.2, -0.15) is 0 Å². The highest BCUT2D eigenvalue weighted by atomic mass is 15.3. The second-order valence-corrected chi connectivity index (χ2v) is 4.83. The molecule has 4 heteroatoms. The molecule has 4 nitrogen and oxygen atoms in total. The first-order chi connectivity index (χ1) is 9.25. The van der Waals surface area contributed by atoms with Crippen molar-refractivity contribution in [3.8, 4) is 0 Å². The van der Waals surface area contributed by atoms with Crippen LogP contribution in [-0.2, 0) is 13.5 Å². The van der Waals surface area contributed by atoms with E-state index in [1.807, 2.05) is 24.4 Å². The summed E-state index contributed by atoms with van der Waals surface area (Å²) < 4.78 is 2.14. The van der Waals surface area contributed by atoms with E-state index in [9.17, 15) is 0 Å². The summed E-state index contributed by atoms with van der Waals surface area (Å²) in [5.41, 5.74) is 3.47. The molecule has 0 aliphatic heterocycles. The van der Waals surface area contributed by atoms with Crippen LogP contribution in [0.25, 0.3) is 11.0 Å². The van der Waals surface area contributed by atoms with Crippen LogP contribution < -0.4 is 4.90 Å². The lowest BCUT2D eigenvalue weighted by Gasteiger charge is -2.17. The minimum atomic E-state index is 0.942. The van der Waals surface area contributed by atoms with Crippen LogP contribution in [0.1, 0.15) is 5.69 Å². The average molecular weight is 254 g/mol. The molecular formula is C15H18N4. The Bertz CT molecular complexity index is 667. The Labute approximate surface area is 112 Å². The van der Waals surface area contributed by atoms with Crippen LogP contribution in [0.2, 0.25) is 0 Å².